The number of nitrogens with zero attached hydrogens (tertiary/aromatic N) is 2. The Kier molecular flexibility index (Phi) is 6.38. The third kappa shape index (κ3) is 5.34. The lowest BCUT2D eigenvalue weighted by Crippen LogP contribution is -2.47. The Bertz CT molecular complexity index is 789. The van der Waals surface area contributed by atoms with Crippen molar-refractivity contribution in [3.8, 4) is 0 Å². The van der Waals surface area contributed by atoms with Gasteiger partial charge in [0.25, 0.3) is 0 Å². The van der Waals surface area contributed by atoms with E-state index in [-0.39, 0.29) is 18.8 Å². The van der Waals surface area contributed by atoms with Crippen LogP contribution in [-0.2, 0) is 16.0 Å². The maximum atomic E-state index is 12.4. The first kappa shape index (κ1) is 19.5. The topological polar surface area (TPSA) is 80.8 Å². The molecule has 0 aliphatic heterocycles. The molecular weight excluding hydrogens is 334 g/mol. The molecule has 1 N–H and O–H groups in total. The van der Waals surface area contributed by atoms with Crippen molar-refractivity contribution < 1.29 is 19.1 Å². The van der Waals surface area contributed by atoms with Gasteiger partial charge in [-0.15, -0.1) is 0 Å². The zero-order valence-corrected chi connectivity index (χ0v) is 15.8. The molecule has 0 saturated heterocycles. The molecule has 1 heterocycles. The summed E-state index contributed by atoms with van der Waals surface area (Å²) in [4.78, 5) is 28.8. The molecule has 2 amide bonds. The monoisotopic (exact) mass is 359 g/mol. The van der Waals surface area contributed by atoms with Crippen LogP contribution in [0.2, 0.25) is 0 Å². The maximum absolute atomic E-state index is 12.4. The van der Waals surface area contributed by atoms with Crippen LogP contribution in [0, 0.1) is 6.92 Å². The molecular formula is C19H25N3O4. The Labute approximate surface area is 153 Å². The van der Waals surface area contributed by atoms with Crippen LogP contribution < -0.4 is 5.43 Å². The third-order valence-electron chi connectivity index (χ3n) is 3.38. The minimum Gasteiger partial charge on any atom is -0.446 e. The van der Waals surface area contributed by atoms with E-state index in [4.69, 9.17) is 9.47 Å². The summed E-state index contributed by atoms with van der Waals surface area (Å²) < 4.78 is 10.3. The molecule has 0 saturated carbocycles. The molecule has 140 valence electrons. The van der Waals surface area contributed by atoms with E-state index in [0.717, 1.165) is 27.0 Å². The number of hydrogen-bond acceptors (Lipinski definition) is 5. The Hall–Kier alpha value is -2.83. The summed E-state index contributed by atoms with van der Waals surface area (Å²) in [7, 11) is 0. The highest BCUT2D eigenvalue weighted by molar-refractivity contribution is 5.83. The van der Waals surface area contributed by atoms with Crippen LogP contribution in [0.15, 0.2) is 30.5 Å². The summed E-state index contributed by atoms with van der Waals surface area (Å²) in [6, 6.07) is 7.76. The van der Waals surface area contributed by atoms with Gasteiger partial charge in [-0.3, -0.25) is 4.98 Å². The van der Waals surface area contributed by atoms with Gasteiger partial charge in [-0.2, -0.15) is 0 Å². The highest BCUT2D eigenvalue weighted by Crippen LogP contribution is 2.20. The number of pyridine rings is 1. The minimum atomic E-state index is -0.717. The predicted octanol–water partition coefficient (Wildman–Crippen LogP) is 3.94. The first-order valence-corrected chi connectivity index (χ1v) is 8.56. The molecule has 7 heteroatoms. The van der Waals surface area contributed by atoms with E-state index in [1.165, 1.54) is 0 Å². The van der Waals surface area contributed by atoms with Crippen molar-refractivity contribution in [3.63, 3.8) is 0 Å². The molecule has 0 atom stereocenters. The normalized spacial score (nSPS) is 10.9. The van der Waals surface area contributed by atoms with Crippen LogP contribution in [0.25, 0.3) is 10.9 Å². The number of hydrazine groups is 1. The lowest BCUT2D eigenvalue weighted by molar-refractivity contribution is 0.0445. The van der Waals surface area contributed by atoms with Gasteiger partial charge in [0.05, 0.1) is 24.3 Å². The zero-order valence-electron chi connectivity index (χ0n) is 15.8. The van der Waals surface area contributed by atoms with Crippen LogP contribution in [0.5, 0.6) is 0 Å². The Balaban J connectivity index is 2.31. The van der Waals surface area contributed by atoms with E-state index in [1.807, 2.05) is 31.2 Å². The van der Waals surface area contributed by atoms with Gasteiger partial charge in [-0.25, -0.2) is 20.0 Å². The fourth-order valence-corrected chi connectivity index (χ4v) is 2.49. The summed E-state index contributed by atoms with van der Waals surface area (Å²) in [6.07, 6.45) is -0.310. The third-order valence-corrected chi connectivity index (χ3v) is 3.38. The van der Waals surface area contributed by atoms with Gasteiger partial charge in [-0.1, -0.05) is 17.7 Å². The van der Waals surface area contributed by atoms with Crippen molar-refractivity contribution in [2.45, 2.75) is 53.4 Å². The summed E-state index contributed by atoms with van der Waals surface area (Å²) in [6.45, 7) is 9.02. The molecule has 0 fully saturated rings. The van der Waals surface area contributed by atoms with E-state index in [2.05, 4.69) is 10.4 Å². The van der Waals surface area contributed by atoms with E-state index >= 15 is 0 Å². The number of carbonyl (C=O) groups excluding carboxylic acids is 2. The minimum absolute atomic E-state index is 0.105. The average Bonchev–Trinajstić information content (AvgIpc) is 2.52. The number of benzene rings is 1. The van der Waals surface area contributed by atoms with Crippen LogP contribution in [0.1, 0.15) is 38.8 Å². The van der Waals surface area contributed by atoms with Gasteiger partial charge in [0, 0.05) is 17.1 Å². The van der Waals surface area contributed by atoms with Gasteiger partial charge in [0.2, 0.25) is 0 Å². The molecule has 1 aromatic heterocycles. The molecule has 0 aliphatic carbocycles. The number of nitrogens with one attached hydrogen (secondary N) is 1. The van der Waals surface area contributed by atoms with Crippen molar-refractivity contribution in [2.24, 2.45) is 0 Å². The molecule has 1 aromatic carbocycles. The maximum Gasteiger partial charge on any atom is 0.429 e. The average molecular weight is 359 g/mol. The molecule has 0 bridgehead atoms. The number of rotatable bonds is 4. The number of ether oxygens (including phenoxy) is 2. The van der Waals surface area contributed by atoms with Crippen LogP contribution in [0.4, 0.5) is 9.59 Å². The van der Waals surface area contributed by atoms with Crippen molar-refractivity contribution in [1.82, 2.24) is 15.4 Å². The summed E-state index contributed by atoms with van der Waals surface area (Å²) in [5.74, 6) is 0. The second kappa shape index (κ2) is 8.51. The highest BCUT2D eigenvalue weighted by atomic mass is 16.6. The van der Waals surface area contributed by atoms with Gasteiger partial charge in [0.1, 0.15) is 0 Å². The van der Waals surface area contributed by atoms with E-state index in [0.29, 0.717) is 0 Å². The molecule has 2 rings (SSSR count). The largest absolute Gasteiger partial charge is 0.446 e. The van der Waals surface area contributed by atoms with E-state index in [9.17, 15) is 9.59 Å². The molecule has 26 heavy (non-hydrogen) atoms. The van der Waals surface area contributed by atoms with Gasteiger partial charge >= 0.3 is 12.2 Å². The Morgan fingerprint density at radius 2 is 1.85 bits per heavy atom. The first-order valence-electron chi connectivity index (χ1n) is 8.56. The summed E-state index contributed by atoms with van der Waals surface area (Å²) >= 11 is 0. The molecule has 7 nitrogen and oxygen atoms in total. The van der Waals surface area contributed by atoms with Crippen LogP contribution in [-0.4, -0.2) is 34.4 Å². The fourth-order valence-electron chi connectivity index (χ4n) is 2.49. The second-order valence-electron chi connectivity index (χ2n) is 6.58. The fraction of sp³-hybridized carbons (Fsp3) is 0.421. The molecule has 2 aromatic rings. The molecule has 0 spiro atoms. The van der Waals surface area contributed by atoms with E-state index < -0.39 is 12.2 Å². The van der Waals surface area contributed by atoms with Crippen molar-refractivity contribution >= 4 is 23.1 Å². The van der Waals surface area contributed by atoms with Crippen molar-refractivity contribution in [1.29, 1.82) is 0 Å². The molecule has 0 unspecified atom stereocenters. The Morgan fingerprint density at radius 3 is 2.50 bits per heavy atom. The smallest absolute Gasteiger partial charge is 0.429 e. The lowest BCUT2D eigenvalue weighted by Gasteiger charge is -2.24. The Morgan fingerprint density at radius 1 is 1.15 bits per heavy atom. The number of aryl methyl sites for hydroxylation is 1. The molecule has 0 radical (unpaired) electrons. The van der Waals surface area contributed by atoms with E-state index in [1.54, 1.807) is 33.9 Å². The number of carbonyl (C=O) groups is 2. The number of aromatic nitrogens is 1. The molecule has 0 aliphatic rings. The second-order valence-corrected chi connectivity index (χ2v) is 6.58. The van der Waals surface area contributed by atoms with Crippen molar-refractivity contribution in [2.75, 3.05) is 0 Å². The summed E-state index contributed by atoms with van der Waals surface area (Å²) in [5.41, 5.74) is 5.05. The van der Waals surface area contributed by atoms with Crippen molar-refractivity contribution in [3.05, 3.63) is 41.6 Å². The lowest BCUT2D eigenvalue weighted by atomic mass is 10.1. The van der Waals surface area contributed by atoms with Gasteiger partial charge in [-0.05, 0) is 46.8 Å². The predicted molar refractivity (Wildman–Crippen MR) is 98.4 cm³/mol. The highest BCUT2D eigenvalue weighted by Gasteiger charge is 2.22. The number of fused-ring (bicyclic) bond motifs is 1. The van der Waals surface area contributed by atoms with Gasteiger partial charge in [0.15, 0.2) is 0 Å². The SMILES string of the molecule is Cc1cc(CN(NC(=O)OC(C)C)C(=O)OC(C)C)c2ncccc2c1. The standard InChI is InChI=1S/C19H25N3O4/c1-12(2)25-18(23)21-22(19(24)26-13(3)4)11-16-10-14(5)9-15-7-6-8-20-17(15)16/h6-10,12-13H,11H2,1-5H3,(H,21,23). The number of amides is 2. The first-order chi connectivity index (χ1) is 12.3. The summed E-state index contributed by atoms with van der Waals surface area (Å²) in [5, 5.41) is 2.07. The number of hydrogen-bond donors (Lipinski definition) is 1. The quantitative estimate of drug-likeness (QED) is 0.836. The van der Waals surface area contributed by atoms with Crippen LogP contribution >= 0.6 is 0 Å². The van der Waals surface area contributed by atoms with Gasteiger partial charge < -0.3 is 9.47 Å². The zero-order chi connectivity index (χ0) is 19.3. The van der Waals surface area contributed by atoms with Crippen LogP contribution in [0.3, 0.4) is 0 Å².